The van der Waals surface area contributed by atoms with Crippen molar-refractivity contribution >= 4 is 43.4 Å². The van der Waals surface area contributed by atoms with Gasteiger partial charge in [0.2, 0.25) is 0 Å². The van der Waals surface area contributed by atoms with E-state index in [4.69, 9.17) is 50.6 Å². The van der Waals surface area contributed by atoms with Crippen molar-refractivity contribution in [2.24, 2.45) is 23.7 Å². The first-order valence-corrected chi connectivity index (χ1v) is 32.6. The third kappa shape index (κ3) is 16.7. The van der Waals surface area contributed by atoms with Crippen LogP contribution >= 0.6 is 15.2 Å². The van der Waals surface area contributed by atoms with Crippen LogP contribution in [-0.4, -0.2) is 137 Å². The molecule has 16 nitrogen and oxygen atoms in total. The molecule has 0 spiro atoms. The fourth-order valence-electron chi connectivity index (χ4n) is 8.68. The first-order chi connectivity index (χ1) is 29.6. The number of aliphatic hydroxyl groups is 1. The van der Waals surface area contributed by atoms with Crippen molar-refractivity contribution in [2.45, 2.75) is 194 Å². The van der Waals surface area contributed by atoms with Gasteiger partial charge in [0.1, 0.15) is 23.9 Å². The van der Waals surface area contributed by atoms with Crippen LogP contribution in [0, 0.1) is 23.7 Å². The summed E-state index contributed by atoms with van der Waals surface area (Å²) in [5, 5.41) is 11.2. The molecule has 5 rings (SSSR count). The molecular formula is C46H92O16P2Si2. The summed E-state index contributed by atoms with van der Waals surface area (Å²) in [4.78, 5) is 25.6. The lowest BCUT2D eigenvalue weighted by Gasteiger charge is -2.38. The Bertz CT molecular complexity index is 1590. The Hall–Kier alpha value is -0.246. The average Bonchev–Trinajstić information content (AvgIpc) is 3.81. The molecule has 3 heterocycles. The second-order valence-corrected chi connectivity index (χ2v) is 35.6. The van der Waals surface area contributed by atoms with Crippen LogP contribution in [0.15, 0.2) is 0 Å². The highest BCUT2D eigenvalue weighted by molar-refractivity contribution is 7.54. The summed E-state index contributed by atoms with van der Waals surface area (Å²) in [6.07, 6.45) is 5.48. The lowest BCUT2D eigenvalue weighted by molar-refractivity contribution is -0.210. The van der Waals surface area contributed by atoms with E-state index in [-0.39, 0.29) is 110 Å². The summed E-state index contributed by atoms with van der Waals surface area (Å²) < 4.78 is 88.2. The predicted octanol–water partition coefficient (Wildman–Crippen LogP) is 10.4. The summed E-state index contributed by atoms with van der Waals surface area (Å²) in [5.41, 5.74) is 0. The minimum absolute atomic E-state index is 0. The molecule has 390 valence electrons. The fourth-order valence-corrected chi connectivity index (χ4v) is 12.9. The molecule has 10 atom stereocenters. The SMILES string of the molecule is C.C.COP(=O)(CC(=O)C[C@H]1C(=O)C[C@@H](OC2CCCCO2)[C@@H]1CO[Si](C)(C)C(C)(C)C)OC.COP(=O)(CC1(O)C[C@@H]2[C@@H](CO[Si](C)(C)C(C)(C)C)[C@H](OC3CCCCO3)C[C@@H]2O1)OC. The van der Waals surface area contributed by atoms with Crippen LogP contribution in [0.4, 0.5) is 0 Å². The second-order valence-electron chi connectivity index (χ2n) is 21.4. The van der Waals surface area contributed by atoms with Gasteiger partial charge in [-0.25, -0.2) is 0 Å². The molecule has 0 amide bonds. The van der Waals surface area contributed by atoms with Gasteiger partial charge in [0.15, 0.2) is 35.0 Å². The number of carbonyl (C=O) groups is 2. The maximum atomic E-state index is 12.9. The van der Waals surface area contributed by atoms with Gasteiger partial charge in [-0.3, -0.25) is 18.7 Å². The molecule has 0 aromatic carbocycles. The Kier molecular flexibility index (Phi) is 23.8. The van der Waals surface area contributed by atoms with E-state index in [1.165, 1.54) is 28.4 Å². The summed E-state index contributed by atoms with van der Waals surface area (Å²) in [5.74, 6) is -2.56. The van der Waals surface area contributed by atoms with E-state index in [2.05, 4.69) is 67.7 Å². The number of carbonyl (C=O) groups excluding carboxylic acids is 2. The van der Waals surface area contributed by atoms with E-state index in [0.29, 0.717) is 32.7 Å². The van der Waals surface area contributed by atoms with Gasteiger partial charge >= 0.3 is 15.2 Å². The van der Waals surface area contributed by atoms with Crippen LogP contribution in [-0.2, 0) is 69.4 Å². The molecular weight excluding hydrogens is 927 g/mol. The molecule has 0 aromatic heterocycles. The molecule has 5 fully saturated rings. The highest BCUT2D eigenvalue weighted by atomic mass is 31.2. The van der Waals surface area contributed by atoms with Crippen molar-refractivity contribution in [1.82, 2.24) is 0 Å². The Morgan fingerprint density at radius 2 is 1.21 bits per heavy atom. The summed E-state index contributed by atoms with van der Waals surface area (Å²) in [6, 6.07) is 0. The van der Waals surface area contributed by atoms with Crippen LogP contribution in [0.5, 0.6) is 0 Å². The van der Waals surface area contributed by atoms with Crippen molar-refractivity contribution in [3.63, 3.8) is 0 Å². The van der Waals surface area contributed by atoms with Gasteiger partial charge in [0.05, 0.1) is 18.3 Å². The number of ketones is 2. The Morgan fingerprint density at radius 3 is 1.65 bits per heavy atom. The maximum absolute atomic E-state index is 12.9. The first kappa shape index (κ1) is 61.9. The van der Waals surface area contributed by atoms with E-state index < -0.39 is 43.5 Å². The van der Waals surface area contributed by atoms with E-state index in [9.17, 15) is 23.8 Å². The summed E-state index contributed by atoms with van der Waals surface area (Å²) >= 11 is 0. The maximum Gasteiger partial charge on any atom is 0.337 e. The van der Waals surface area contributed by atoms with Gasteiger partial charge in [-0.2, -0.15) is 0 Å². The Morgan fingerprint density at radius 1 is 0.742 bits per heavy atom. The van der Waals surface area contributed by atoms with Crippen molar-refractivity contribution in [2.75, 3.05) is 67.2 Å². The number of hydrogen-bond acceptors (Lipinski definition) is 16. The van der Waals surface area contributed by atoms with E-state index in [1.54, 1.807) is 0 Å². The van der Waals surface area contributed by atoms with Crippen molar-refractivity contribution in [1.29, 1.82) is 0 Å². The van der Waals surface area contributed by atoms with Gasteiger partial charge in [-0.05, 0) is 80.7 Å². The second kappa shape index (κ2) is 25.4. The zero-order valence-corrected chi connectivity index (χ0v) is 45.3. The highest BCUT2D eigenvalue weighted by Crippen LogP contribution is 2.56. The third-order valence-corrected chi connectivity index (χ3v) is 27.7. The molecule has 0 aromatic rings. The lowest BCUT2D eigenvalue weighted by atomic mass is 9.90. The number of fused-ring (bicyclic) bond motifs is 1. The van der Waals surface area contributed by atoms with Crippen LogP contribution in [0.1, 0.15) is 121 Å². The van der Waals surface area contributed by atoms with E-state index >= 15 is 0 Å². The number of hydrogen-bond donors (Lipinski definition) is 1. The highest BCUT2D eigenvalue weighted by Gasteiger charge is 2.58. The normalized spacial score (nSPS) is 31.1. The monoisotopic (exact) mass is 1020 g/mol. The minimum Gasteiger partial charge on any atom is -0.416 e. The zero-order valence-electron chi connectivity index (χ0n) is 41.5. The Balaban J connectivity index is 0.000000440. The molecule has 5 aliphatic rings. The van der Waals surface area contributed by atoms with E-state index in [0.717, 1.165) is 45.1 Å². The third-order valence-electron chi connectivity index (χ3n) is 14.9. The van der Waals surface area contributed by atoms with Crippen LogP contribution in [0.2, 0.25) is 36.3 Å². The van der Waals surface area contributed by atoms with Gasteiger partial charge in [0.25, 0.3) is 0 Å². The number of Topliss-reactive ketones (excluding diaryl/α,β-unsaturated/α-hetero) is 2. The van der Waals surface area contributed by atoms with Gasteiger partial charge in [-0.15, -0.1) is 0 Å². The summed E-state index contributed by atoms with van der Waals surface area (Å²) in [7, 11) is -5.76. The molecule has 1 N–H and O–H groups in total. The first-order valence-electron chi connectivity index (χ1n) is 23.3. The number of rotatable bonds is 20. The molecule has 3 saturated heterocycles. The van der Waals surface area contributed by atoms with Crippen molar-refractivity contribution < 1.29 is 74.5 Å². The van der Waals surface area contributed by atoms with Gasteiger partial charge in [-0.1, -0.05) is 56.4 Å². The molecule has 2 aliphatic carbocycles. The van der Waals surface area contributed by atoms with Crippen LogP contribution in [0.25, 0.3) is 0 Å². The van der Waals surface area contributed by atoms with Gasteiger partial charge in [0, 0.05) is 98.3 Å². The predicted molar refractivity (Wildman–Crippen MR) is 262 cm³/mol. The van der Waals surface area contributed by atoms with Gasteiger partial charge < -0.3 is 55.7 Å². The smallest absolute Gasteiger partial charge is 0.337 e. The topological polar surface area (TPSA) is 190 Å². The largest absolute Gasteiger partial charge is 0.416 e. The van der Waals surface area contributed by atoms with Crippen molar-refractivity contribution in [3.8, 4) is 0 Å². The molecule has 2 saturated carbocycles. The van der Waals surface area contributed by atoms with Crippen LogP contribution < -0.4 is 0 Å². The molecule has 66 heavy (non-hydrogen) atoms. The summed E-state index contributed by atoms with van der Waals surface area (Å²) in [6.45, 7) is 24.3. The minimum atomic E-state index is -3.48. The quantitative estimate of drug-likeness (QED) is 0.0894. The molecule has 3 aliphatic heterocycles. The lowest BCUT2D eigenvalue weighted by Crippen LogP contribution is -2.44. The Labute approximate surface area is 400 Å². The van der Waals surface area contributed by atoms with Crippen LogP contribution in [0.3, 0.4) is 0 Å². The van der Waals surface area contributed by atoms with E-state index in [1.807, 2.05) is 0 Å². The fraction of sp³-hybridized carbons (Fsp3) is 0.957. The molecule has 0 radical (unpaired) electrons. The zero-order chi connectivity index (χ0) is 47.9. The standard InChI is InChI=1S/C22H43O8PSi.C22H41O8PSi.2CH4/c1-21(2,3)32(6,7)28-14-17-16-13-22(23,15-31(24,25-4)26-5)30-19(16)12-18(17)29-20-10-8-9-11-27-20;1-22(2,3)32(6,7)29-14-18-17(12-16(23)15-31(25,26-4)27-5)19(24)13-20(18)30-21-10-8-9-11-28-21;;/h16-20,23H,8-15H2,1-7H3;17-18,20-21H,8-15H2,1-7H3;2*1H4/t16-,17-,18-,19+,20?,22?;17-,18-,20-,21?;;/m11../s1. The van der Waals surface area contributed by atoms with Crippen molar-refractivity contribution in [3.05, 3.63) is 0 Å². The number of ether oxygens (including phenoxy) is 5. The average molecular weight is 1020 g/mol. The molecule has 3 unspecified atom stereocenters. The molecule has 20 heteroatoms. The molecule has 0 bridgehead atoms.